The van der Waals surface area contributed by atoms with Crippen molar-refractivity contribution in [2.24, 2.45) is 0 Å². The van der Waals surface area contributed by atoms with Crippen LogP contribution in [0.2, 0.25) is 10.0 Å². The molecule has 0 spiro atoms. The molecule has 3 N–H and O–H groups in total. The Balaban J connectivity index is 0.000000248. The summed E-state index contributed by atoms with van der Waals surface area (Å²) in [7, 11) is 0. The number of aliphatic carboxylic acids is 1. The first kappa shape index (κ1) is 28.9. The summed E-state index contributed by atoms with van der Waals surface area (Å²) in [6.45, 7) is -0.728. The van der Waals surface area contributed by atoms with Crippen LogP contribution in [0.4, 0.5) is 22.0 Å². The van der Waals surface area contributed by atoms with E-state index in [0.29, 0.717) is 10.6 Å². The number of halogens is 7. The molecule has 6 nitrogen and oxygen atoms in total. The molecule has 0 aliphatic heterocycles. The summed E-state index contributed by atoms with van der Waals surface area (Å²) >= 11 is 12.2. The van der Waals surface area contributed by atoms with Crippen LogP contribution in [0.3, 0.4) is 0 Å². The van der Waals surface area contributed by atoms with Crippen LogP contribution in [-0.2, 0) is 16.0 Å². The molecule has 0 aromatic heterocycles. The lowest BCUT2D eigenvalue weighted by atomic mass is 9.86. The van der Waals surface area contributed by atoms with Gasteiger partial charge in [-0.25, -0.2) is 13.6 Å². The summed E-state index contributed by atoms with van der Waals surface area (Å²) in [6, 6.07) is 8.70. The second kappa shape index (κ2) is 11.4. The van der Waals surface area contributed by atoms with E-state index in [4.69, 9.17) is 38.8 Å². The fraction of sp³-hybridized carbons (Fsp3) is 0.417. The molecule has 2 aliphatic rings. The summed E-state index contributed by atoms with van der Waals surface area (Å²) in [4.78, 5) is 20.7. The second-order valence-corrected chi connectivity index (χ2v) is 9.51. The van der Waals surface area contributed by atoms with Crippen molar-refractivity contribution in [3.05, 3.63) is 57.2 Å². The number of carboxylic acids is 1. The highest BCUT2D eigenvalue weighted by Crippen LogP contribution is 2.41. The molecule has 13 heteroatoms. The minimum Gasteiger partial charge on any atom is -0.671 e. The lowest BCUT2D eigenvalue weighted by Gasteiger charge is -2.29. The fourth-order valence-electron chi connectivity index (χ4n) is 3.86. The van der Waals surface area contributed by atoms with Crippen molar-refractivity contribution in [3.63, 3.8) is 0 Å². The zero-order chi connectivity index (χ0) is 27.5. The second-order valence-electron chi connectivity index (χ2n) is 8.66. The Morgan fingerprint density at radius 2 is 1.86 bits per heavy atom. The molecule has 0 heterocycles. The number of carbonyl (C=O) groups excluding carboxylic acids is 1. The number of alkyl halides is 5. The van der Waals surface area contributed by atoms with Crippen molar-refractivity contribution in [3.8, 4) is 16.9 Å². The number of nitrogens with one attached hydrogen (secondary N) is 2. The first-order chi connectivity index (χ1) is 17.2. The number of rotatable bonds is 6. The molecule has 2 aromatic carbocycles. The van der Waals surface area contributed by atoms with Gasteiger partial charge in [0.1, 0.15) is 17.9 Å². The molecule has 1 atom stereocenters. The van der Waals surface area contributed by atoms with Crippen molar-refractivity contribution < 1.29 is 41.4 Å². The standard InChI is InChI=1S/C18H16Cl2F2NO.C6H6F3NO3/c19-12-7-14(18(15(20)8-12)24-9-17(21)22)11-4-5-13-10(6-11)2-1-3-16(13)23;7-6(8,9)3(11)10-5(1-2-5)4(12)13/h4-8,16-17,23H,1-3,9H2;1-2H2,(H,10,11)(H,12,13)/q-1;. The van der Waals surface area contributed by atoms with E-state index in [2.05, 4.69) is 0 Å². The minimum absolute atomic E-state index is 0.0458. The highest BCUT2D eigenvalue weighted by Gasteiger charge is 2.55. The average Bonchev–Trinajstić information content (AvgIpc) is 3.58. The highest BCUT2D eigenvalue weighted by atomic mass is 35.5. The fourth-order valence-corrected chi connectivity index (χ4v) is 4.40. The molecule has 0 saturated heterocycles. The van der Waals surface area contributed by atoms with Gasteiger partial charge in [0, 0.05) is 10.6 Å². The van der Waals surface area contributed by atoms with Gasteiger partial charge in [-0.2, -0.15) is 13.2 Å². The number of benzene rings is 2. The van der Waals surface area contributed by atoms with E-state index in [-0.39, 0.29) is 29.7 Å². The van der Waals surface area contributed by atoms with Gasteiger partial charge in [0.05, 0.1) is 5.02 Å². The minimum atomic E-state index is -5.02. The third-order valence-corrected chi connectivity index (χ3v) is 6.40. The van der Waals surface area contributed by atoms with E-state index in [1.807, 2.05) is 18.2 Å². The Morgan fingerprint density at radius 1 is 1.19 bits per heavy atom. The lowest BCUT2D eigenvalue weighted by Crippen LogP contribution is -2.48. The maximum Gasteiger partial charge on any atom is 0.471 e. The Labute approximate surface area is 218 Å². The first-order valence-corrected chi connectivity index (χ1v) is 11.9. The molecule has 1 unspecified atom stereocenters. The zero-order valence-electron chi connectivity index (χ0n) is 19.1. The van der Waals surface area contributed by atoms with E-state index in [0.717, 1.165) is 36.0 Å². The number of amides is 1. The third kappa shape index (κ3) is 7.24. The van der Waals surface area contributed by atoms with Crippen LogP contribution in [-0.4, -0.2) is 41.7 Å². The van der Waals surface area contributed by atoms with Gasteiger partial charge in [0.25, 0.3) is 6.43 Å². The number of aryl methyl sites for hydroxylation is 1. The maximum absolute atomic E-state index is 12.5. The van der Waals surface area contributed by atoms with Crippen molar-refractivity contribution >= 4 is 35.1 Å². The summed E-state index contributed by atoms with van der Waals surface area (Å²) in [6.07, 6.45) is -4.79. The summed E-state index contributed by atoms with van der Waals surface area (Å²) in [5.41, 5.74) is 9.94. The van der Waals surface area contributed by atoms with Crippen LogP contribution in [0.1, 0.15) is 42.9 Å². The first-order valence-electron chi connectivity index (χ1n) is 11.1. The summed E-state index contributed by atoms with van der Waals surface area (Å²) in [5, 5.41) is 10.5. The Hall–Kier alpha value is -2.63. The van der Waals surface area contributed by atoms with Crippen molar-refractivity contribution in [2.45, 2.75) is 56.3 Å². The van der Waals surface area contributed by atoms with Gasteiger partial charge in [-0.05, 0) is 42.5 Å². The van der Waals surface area contributed by atoms with E-state index in [1.54, 1.807) is 6.07 Å². The molecule has 2 aliphatic carbocycles. The van der Waals surface area contributed by atoms with E-state index in [1.165, 1.54) is 11.4 Å². The van der Waals surface area contributed by atoms with E-state index >= 15 is 0 Å². The third-order valence-electron chi connectivity index (χ3n) is 5.90. The molecular formula is C24H22Cl2F5N2O4-. The molecule has 0 radical (unpaired) electrons. The van der Waals surface area contributed by atoms with Crippen LogP contribution in [0.5, 0.6) is 5.75 Å². The number of hydrogen-bond donors (Lipinski definition) is 2. The van der Waals surface area contributed by atoms with Gasteiger partial charge in [-0.15, -0.1) is 6.04 Å². The van der Waals surface area contributed by atoms with Gasteiger partial charge < -0.3 is 20.9 Å². The number of carbonyl (C=O) groups is 2. The monoisotopic (exact) mass is 567 g/mol. The Kier molecular flexibility index (Phi) is 8.92. The van der Waals surface area contributed by atoms with Gasteiger partial charge in [-0.1, -0.05) is 59.8 Å². The SMILES string of the molecule is O=C(NC1(C(=O)O)CC1)C(F)(F)F.[NH-]C1CCCc2cc(-c3cc(Cl)cc(Cl)c3OCC(F)F)ccc21. The van der Waals surface area contributed by atoms with Gasteiger partial charge in [0.15, 0.2) is 0 Å². The Bertz CT molecular complexity index is 1170. The predicted octanol–water partition coefficient (Wildman–Crippen LogP) is 7.02. The predicted molar refractivity (Wildman–Crippen MR) is 127 cm³/mol. The largest absolute Gasteiger partial charge is 0.671 e. The highest BCUT2D eigenvalue weighted by molar-refractivity contribution is 6.36. The van der Waals surface area contributed by atoms with E-state index in [9.17, 15) is 31.5 Å². The number of fused-ring (bicyclic) bond motifs is 1. The summed E-state index contributed by atoms with van der Waals surface area (Å²) in [5.74, 6) is -3.42. The maximum atomic E-state index is 12.5. The van der Waals surface area contributed by atoms with Crippen LogP contribution in [0, 0.1) is 0 Å². The molecule has 1 saturated carbocycles. The van der Waals surface area contributed by atoms with Crippen molar-refractivity contribution in [1.29, 1.82) is 0 Å². The van der Waals surface area contributed by atoms with Crippen LogP contribution >= 0.6 is 23.2 Å². The molecule has 0 bridgehead atoms. The quantitative estimate of drug-likeness (QED) is 0.366. The molecular weight excluding hydrogens is 546 g/mol. The normalized spacial score (nSPS) is 17.8. The van der Waals surface area contributed by atoms with Gasteiger partial charge in [-0.3, -0.25) is 4.79 Å². The van der Waals surface area contributed by atoms with E-state index < -0.39 is 36.6 Å². The van der Waals surface area contributed by atoms with Crippen molar-refractivity contribution in [2.75, 3.05) is 6.61 Å². The smallest absolute Gasteiger partial charge is 0.471 e. The van der Waals surface area contributed by atoms with Crippen LogP contribution in [0.25, 0.3) is 16.9 Å². The van der Waals surface area contributed by atoms with Crippen LogP contribution < -0.4 is 10.1 Å². The van der Waals surface area contributed by atoms with Crippen LogP contribution in [0.15, 0.2) is 30.3 Å². The zero-order valence-corrected chi connectivity index (χ0v) is 20.6. The Morgan fingerprint density at radius 3 is 2.43 bits per heavy atom. The molecule has 1 amide bonds. The topological polar surface area (TPSA) is 99.4 Å². The molecule has 202 valence electrons. The number of hydrogen-bond acceptors (Lipinski definition) is 3. The molecule has 2 aromatic rings. The summed E-state index contributed by atoms with van der Waals surface area (Å²) < 4.78 is 65.3. The number of carboxylic acid groups (broad SMARTS) is 1. The molecule has 4 rings (SSSR count). The number of ether oxygens (including phenoxy) is 1. The average molecular weight is 568 g/mol. The van der Waals surface area contributed by atoms with Gasteiger partial charge >= 0.3 is 18.1 Å². The molecule has 1 fully saturated rings. The van der Waals surface area contributed by atoms with Crippen molar-refractivity contribution in [1.82, 2.24) is 5.32 Å². The molecule has 37 heavy (non-hydrogen) atoms. The van der Waals surface area contributed by atoms with Gasteiger partial charge in [0.2, 0.25) is 0 Å². The lowest BCUT2D eigenvalue weighted by molar-refractivity contribution is -0.176.